The maximum atomic E-state index is 13.0. The van der Waals surface area contributed by atoms with Gasteiger partial charge in [0.25, 0.3) is 10.0 Å². The molecule has 0 bridgehead atoms. The predicted molar refractivity (Wildman–Crippen MR) is 155 cm³/mol. The lowest BCUT2D eigenvalue weighted by atomic mass is 9.99. The molecule has 39 heavy (non-hydrogen) atoms. The number of nitrogens with zero attached hydrogens (tertiary/aromatic N) is 1. The minimum atomic E-state index is -3.88. The van der Waals surface area contributed by atoms with E-state index in [1.807, 2.05) is 0 Å². The fraction of sp³-hybridized carbons (Fsp3) is 0.269. The van der Waals surface area contributed by atoms with Crippen molar-refractivity contribution in [2.45, 2.75) is 30.4 Å². The van der Waals surface area contributed by atoms with Crippen LogP contribution >= 0.6 is 34.8 Å². The third-order valence-electron chi connectivity index (χ3n) is 6.43. The number of hydrogen-bond donors (Lipinski definition) is 2. The molecule has 3 aromatic carbocycles. The zero-order valence-electron chi connectivity index (χ0n) is 20.8. The van der Waals surface area contributed by atoms with Crippen LogP contribution < -0.4 is 10.0 Å². The van der Waals surface area contributed by atoms with Crippen LogP contribution in [0.2, 0.25) is 15.1 Å². The van der Waals surface area contributed by atoms with Crippen molar-refractivity contribution in [1.82, 2.24) is 4.31 Å². The van der Waals surface area contributed by atoms with Crippen LogP contribution in [0.25, 0.3) is 0 Å². The van der Waals surface area contributed by atoms with Crippen LogP contribution in [-0.2, 0) is 30.6 Å². The third-order valence-corrected chi connectivity index (χ3v) is 10.8. The molecule has 1 aliphatic heterocycles. The van der Waals surface area contributed by atoms with Gasteiger partial charge in [-0.15, -0.1) is 0 Å². The molecule has 3 aromatic rings. The van der Waals surface area contributed by atoms with Gasteiger partial charge in [0.1, 0.15) is 0 Å². The highest BCUT2D eigenvalue weighted by Crippen LogP contribution is 2.28. The molecule has 13 heteroatoms. The largest absolute Gasteiger partial charge is 0.326 e. The molecule has 1 amide bonds. The first-order chi connectivity index (χ1) is 18.4. The minimum absolute atomic E-state index is 0.0112. The van der Waals surface area contributed by atoms with Gasteiger partial charge in [-0.25, -0.2) is 21.1 Å². The van der Waals surface area contributed by atoms with Crippen molar-refractivity contribution in [3.05, 3.63) is 86.9 Å². The maximum absolute atomic E-state index is 13.0. The Kier molecular flexibility index (Phi) is 9.15. The lowest BCUT2D eigenvalue weighted by Crippen LogP contribution is -2.44. The normalized spacial score (nSPS) is 16.6. The second kappa shape index (κ2) is 12.0. The van der Waals surface area contributed by atoms with E-state index in [2.05, 4.69) is 10.0 Å². The fourth-order valence-electron chi connectivity index (χ4n) is 4.22. The van der Waals surface area contributed by atoms with Gasteiger partial charge in [0.05, 0.1) is 32.3 Å². The number of benzene rings is 3. The molecule has 1 saturated heterocycles. The van der Waals surface area contributed by atoms with E-state index in [9.17, 15) is 21.6 Å². The highest BCUT2D eigenvalue weighted by Gasteiger charge is 2.32. The summed E-state index contributed by atoms with van der Waals surface area (Å²) in [5.74, 6) is -1.15. The van der Waals surface area contributed by atoms with Gasteiger partial charge in [-0.05, 0) is 79.4 Å². The van der Waals surface area contributed by atoms with Crippen LogP contribution in [-0.4, -0.2) is 40.1 Å². The molecule has 0 saturated carbocycles. The fourth-order valence-corrected chi connectivity index (χ4v) is 7.44. The zero-order valence-corrected chi connectivity index (χ0v) is 24.7. The van der Waals surface area contributed by atoms with Crippen molar-refractivity contribution >= 4 is 72.1 Å². The third kappa shape index (κ3) is 7.25. The number of hydrogen-bond acceptors (Lipinski definition) is 5. The van der Waals surface area contributed by atoms with Gasteiger partial charge in [-0.2, -0.15) is 0 Å². The maximum Gasteiger partial charge on any atom is 0.261 e. The molecule has 1 fully saturated rings. The Morgan fingerprint density at radius 2 is 1.67 bits per heavy atom. The molecular formula is C26H26Cl3N3O5S2. The van der Waals surface area contributed by atoms with E-state index in [0.29, 0.717) is 51.9 Å². The van der Waals surface area contributed by atoms with E-state index in [0.717, 1.165) is 0 Å². The molecular weight excluding hydrogens is 605 g/mol. The quantitative estimate of drug-likeness (QED) is 0.320. The van der Waals surface area contributed by atoms with Gasteiger partial charge in [-0.1, -0.05) is 46.9 Å². The van der Waals surface area contributed by atoms with Crippen molar-refractivity contribution < 1.29 is 21.6 Å². The summed E-state index contributed by atoms with van der Waals surface area (Å²) in [7, 11) is -7.57. The number of halogens is 3. The van der Waals surface area contributed by atoms with Gasteiger partial charge in [0, 0.05) is 23.8 Å². The number of sulfonamides is 2. The Morgan fingerprint density at radius 3 is 2.36 bits per heavy atom. The SMILES string of the molecule is Cc1c(Cl)cccc1NS(=O)(=O)c1ccc(NC(=O)C2CCCN(S(=O)(=O)Cc3ccc(Cl)c(Cl)c3)C2)cc1. The summed E-state index contributed by atoms with van der Waals surface area (Å²) in [5.41, 5.74) is 1.88. The Bertz CT molecular complexity index is 1600. The number of piperidine rings is 1. The van der Waals surface area contributed by atoms with Crippen LogP contribution in [0.1, 0.15) is 24.0 Å². The molecule has 0 spiro atoms. The van der Waals surface area contributed by atoms with Crippen LogP contribution in [0, 0.1) is 12.8 Å². The highest BCUT2D eigenvalue weighted by atomic mass is 35.5. The van der Waals surface area contributed by atoms with E-state index >= 15 is 0 Å². The van der Waals surface area contributed by atoms with Crippen LogP contribution in [0.5, 0.6) is 0 Å². The van der Waals surface area contributed by atoms with E-state index in [1.165, 1.54) is 34.6 Å². The molecule has 4 rings (SSSR count). The van der Waals surface area contributed by atoms with Gasteiger partial charge in [0.2, 0.25) is 15.9 Å². The van der Waals surface area contributed by atoms with Crippen molar-refractivity contribution in [2.75, 3.05) is 23.1 Å². The highest BCUT2D eigenvalue weighted by molar-refractivity contribution is 7.92. The summed E-state index contributed by atoms with van der Waals surface area (Å²) in [6.07, 6.45) is 1.06. The summed E-state index contributed by atoms with van der Waals surface area (Å²) in [6, 6.07) is 15.3. The monoisotopic (exact) mass is 629 g/mol. The molecule has 8 nitrogen and oxygen atoms in total. The van der Waals surface area contributed by atoms with Gasteiger partial charge < -0.3 is 5.32 Å². The number of carbonyl (C=O) groups is 1. The Hall–Kier alpha value is -2.34. The van der Waals surface area contributed by atoms with Crippen molar-refractivity contribution in [3.8, 4) is 0 Å². The zero-order chi connectivity index (χ0) is 28.4. The minimum Gasteiger partial charge on any atom is -0.326 e. The molecule has 1 heterocycles. The topological polar surface area (TPSA) is 113 Å². The first kappa shape index (κ1) is 29.6. The number of amides is 1. The summed E-state index contributed by atoms with van der Waals surface area (Å²) < 4.78 is 55.5. The standard InChI is InChI=1S/C26H26Cl3N3O5S2/c1-17-22(27)5-2-6-25(17)31-39(36,37)21-10-8-20(9-11-21)30-26(33)19-4-3-13-32(15-19)38(34,35)16-18-7-12-23(28)24(29)14-18/h2,5-12,14,19,31H,3-4,13,15-16H2,1H3,(H,30,33). The van der Waals surface area contributed by atoms with Crippen LogP contribution in [0.3, 0.4) is 0 Å². The second-order valence-corrected chi connectivity index (χ2v) is 14.1. The van der Waals surface area contributed by atoms with Crippen LogP contribution in [0.4, 0.5) is 11.4 Å². The number of anilines is 2. The predicted octanol–water partition coefficient (Wildman–Crippen LogP) is 5.94. The molecule has 1 atom stereocenters. The first-order valence-corrected chi connectivity index (χ1v) is 16.2. The number of rotatable bonds is 8. The van der Waals surface area contributed by atoms with E-state index in [-0.39, 0.29) is 28.1 Å². The van der Waals surface area contributed by atoms with Crippen molar-refractivity contribution in [2.24, 2.45) is 5.92 Å². The first-order valence-electron chi connectivity index (χ1n) is 12.0. The molecule has 2 N–H and O–H groups in total. The van der Waals surface area contributed by atoms with Crippen molar-refractivity contribution in [1.29, 1.82) is 0 Å². The lowest BCUT2D eigenvalue weighted by Gasteiger charge is -2.31. The Morgan fingerprint density at radius 1 is 0.949 bits per heavy atom. The number of nitrogens with one attached hydrogen (secondary N) is 2. The van der Waals surface area contributed by atoms with Crippen molar-refractivity contribution in [3.63, 3.8) is 0 Å². The summed E-state index contributed by atoms with van der Waals surface area (Å²) >= 11 is 18.0. The Labute approximate surface area is 243 Å². The van der Waals surface area contributed by atoms with Gasteiger partial charge in [0.15, 0.2) is 0 Å². The average Bonchev–Trinajstić information content (AvgIpc) is 2.89. The van der Waals surface area contributed by atoms with Crippen LogP contribution in [0.15, 0.2) is 65.6 Å². The lowest BCUT2D eigenvalue weighted by molar-refractivity contribution is -0.120. The summed E-state index contributed by atoms with van der Waals surface area (Å²) in [4.78, 5) is 13.0. The number of carbonyl (C=O) groups excluding carboxylic acids is 1. The average molecular weight is 631 g/mol. The molecule has 1 aliphatic rings. The van der Waals surface area contributed by atoms with Gasteiger partial charge in [-0.3, -0.25) is 9.52 Å². The molecule has 0 aliphatic carbocycles. The molecule has 0 radical (unpaired) electrons. The van der Waals surface area contributed by atoms with Gasteiger partial charge >= 0.3 is 0 Å². The summed E-state index contributed by atoms with van der Waals surface area (Å²) in [5, 5.41) is 3.82. The molecule has 208 valence electrons. The van der Waals surface area contributed by atoms with E-state index in [1.54, 1.807) is 37.3 Å². The summed E-state index contributed by atoms with van der Waals surface area (Å²) in [6.45, 7) is 2.08. The molecule has 0 aromatic heterocycles. The second-order valence-electron chi connectivity index (χ2n) is 9.23. The van der Waals surface area contributed by atoms with E-state index < -0.39 is 26.0 Å². The smallest absolute Gasteiger partial charge is 0.261 e. The van der Waals surface area contributed by atoms with E-state index in [4.69, 9.17) is 34.8 Å². The Balaban J connectivity index is 1.39. The molecule has 1 unspecified atom stereocenters.